The highest BCUT2D eigenvalue weighted by Gasteiger charge is 2.20. The van der Waals surface area contributed by atoms with E-state index >= 15 is 0 Å². The van der Waals surface area contributed by atoms with E-state index in [1.165, 1.54) is 79.2 Å². The number of carbonyl (C=O) groups excluding carboxylic acids is 9. The fourth-order valence-electron chi connectivity index (χ4n) is 9.17. The molecule has 104 heavy (non-hydrogen) atoms. The van der Waals surface area contributed by atoms with E-state index in [1.54, 1.807) is 112 Å². The fraction of sp³-hybridized carbons (Fsp3) is 0.370. The van der Waals surface area contributed by atoms with Crippen LogP contribution in [0.2, 0.25) is 5.02 Å². The smallest absolute Gasteiger partial charge is 0.341 e. The predicted molar refractivity (Wildman–Crippen MR) is 408 cm³/mol. The Hall–Kier alpha value is -10.6. The molecule has 0 aliphatic carbocycles. The number of rotatable bonds is 19. The van der Waals surface area contributed by atoms with Crippen LogP contribution in [0.5, 0.6) is 5.75 Å². The van der Waals surface area contributed by atoms with Gasteiger partial charge in [0, 0.05) is 75.4 Å². The van der Waals surface area contributed by atoms with Gasteiger partial charge in [-0.05, 0) is 201 Å². The number of methoxy groups -OCH3 is 5. The third kappa shape index (κ3) is 31.3. The molecule has 0 heterocycles. The molecule has 4 N–H and O–H groups in total. The van der Waals surface area contributed by atoms with Crippen LogP contribution in [0.1, 0.15) is 201 Å². The SMILES string of the molecule is CCOC(=O)c1cc(CC)ccc1OC.CCOC(=O)c1cc(F)cc(CC)c1.CCc1cc(C(=O)OC)cc(C(C)(C)C)c1.CCc1cc(C)cc(C(=O)OC)c1.CCc1cc(Cl)cc(C(=O)OC)c1.CNc1cc(C(=O)OC)cc(C(=O)N(C)C)c1.CNc1cc(C(N)=O)cc(C(=O)N(C)C)c1. The zero-order valence-corrected chi connectivity index (χ0v) is 65.1. The monoisotopic (exact) mass is 1460 g/mol. The van der Waals surface area contributed by atoms with Crippen molar-refractivity contribution >= 4 is 76.5 Å². The van der Waals surface area contributed by atoms with E-state index in [1.807, 2.05) is 70.2 Å². The molecule has 0 spiro atoms. The number of anilines is 2. The molecule has 7 aromatic carbocycles. The minimum Gasteiger partial charge on any atom is -0.496 e. The van der Waals surface area contributed by atoms with Gasteiger partial charge in [0.1, 0.15) is 17.1 Å². The number of benzene rings is 7. The van der Waals surface area contributed by atoms with Gasteiger partial charge >= 0.3 is 35.8 Å². The number of hydrogen-bond donors (Lipinski definition) is 3. The lowest BCUT2D eigenvalue weighted by molar-refractivity contribution is 0.0514. The number of hydrogen-bond acceptors (Lipinski definition) is 18. The third-order valence-corrected chi connectivity index (χ3v) is 15.2. The van der Waals surface area contributed by atoms with E-state index in [0.29, 0.717) is 86.3 Å². The highest BCUT2D eigenvalue weighted by molar-refractivity contribution is 6.31. The van der Waals surface area contributed by atoms with Crippen LogP contribution in [-0.2, 0) is 65.9 Å². The Bertz CT molecular complexity index is 3950. The van der Waals surface area contributed by atoms with Crippen LogP contribution in [0.25, 0.3) is 0 Å². The molecule has 3 amide bonds. The molecule has 0 saturated carbocycles. The molecule has 0 bridgehead atoms. The summed E-state index contributed by atoms with van der Waals surface area (Å²) in [5.74, 6) is -2.85. The molecule has 0 unspecified atom stereocenters. The maximum Gasteiger partial charge on any atom is 0.341 e. The van der Waals surface area contributed by atoms with Crippen molar-refractivity contribution < 1.29 is 80.7 Å². The molecule has 7 rings (SSSR count). The van der Waals surface area contributed by atoms with Crippen molar-refractivity contribution in [3.05, 3.63) is 227 Å². The van der Waals surface area contributed by atoms with Gasteiger partial charge in [0.2, 0.25) is 5.91 Å². The van der Waals surface area contributed by atoms with Crippen molar-refractivity contribution in [2.45, 2.75) is 114 Å². The molecule has 564 valence electrons. The topological polar surface area (TPSA) is 275 Å². The van der Waals surface area contributed by atoms with Gasteiger partial charge < -0.3 is 59.3 Å². The maximum atomic E-state index is 13.0. The number of amides is 3. The Kier molecular flexibility index (Phi) is 41.1. The molecular weight excluding hydrogens is 1350 g/mol. The lowest BCUT2D eigenvalue weighted by atomic mass is 9.85. The molecule has 0 aliphatic heterocycles. The lowest BCUT2D eigenvalue weighted by Crippen LogP contribution is -2.22. The van der Waals surface area contributed by atoms with E-state index in [4.69, 9.17) is 36.3 Å². The van der Waals surface area contributed by atoms with Crippen LogP contribution in [-0.4, -0.2) is 154 Å². The summed E-state index contributed by atoms with van der Waals surface area (Å²) in [5.41, 5.74) is 18.3. The molecule has 0 saturated heterocycles. The number of ether oxygens (including phenoxy) is 7. The Balaban J connectivity index is 0.000000608. The first kappa shape index (κ1) is 91.4. The Morgan fingerprint density at radius 3 is 1.21 bits per heavy atom. The molecule has 23 heteroatoms. The first-order valence-electron chi connectivity index (χ1n) is 33.6. The van der Waals surface area contributed by atoms with Crippen molar-refractivity contribution in [3.8, 4) is 5.75 Å². The van der Waals surface area contributed by atoms with Crippen molar-refractivity contribution in [1.82, 2.24) is 9.80 Å². The molecule has 0 fully saturated rings. The second-order valence-corrected chi connectivity index (χ2v) is 24.6. The zero-order valence-electron chi connectivity index (χ0n) is 64.3. The fourth-order valence-corrected chi connectivity index (χ4v) is 9.43. The van der Waals surface area contributed by atoms with Crippen LogP contribution in [0.3, 0.4) is 0 Å². The van der Waals surface area contributed by atoms with Crippen LogP contribution >= 0.6 is 11.6 Å². The Morgan fingerprint density at radius 2 is 0.808 bits per heavy atom. The zero-order chi connectivity index (χ0) is 79.1. The highest BCUT2D eigenvalue weighted by Crippen LogP contribution is 2.26. The molecule has 0 aliphatic rings. The van der Waals surface area contributed by atoms with Crippen LogP contribution in [0.15, 0.2) is 127 Å². The Morgan fingerprint density at radius 1 is 0.433 bits per heavy atom. The number of carbonyl (C=O) groups is 9. The van der Waals surface area contributed by atoms with E-state index in [2.05, 4.69) is 71.6 Å². The van der Waals surface area contributed by atoms with Gasteiger partial charge in [-0.1, -0.05) is 90.8 Å². The molecule has 0 aromatic heterocycles. The van der Waals surface area contributed by atoms with Gasteiger partial charge in [0.25, 0.3) is 11.8 Å². The lowest BCUT2D eigenvalue weighted by Gasteiger charge is -2.20. The highest BCUT2D eigenvalue weighted by atomic mass is 35.5. The van der Waals surface area contributed by atoms with Gasteiger partial charge in [-0.25, -0.2) is 33.2 Å². The Labute approximate surface area is 618 Å². The van der Waals surface area contributed by atoms with Crippen LogP contribution < -0.4 is 21.1 Å². The standard InChI is InChI=1S/C14H20O2.C12H16N2O3.C12H16O3.C11H13FO2.C11H15N3O2.C11H14O2.C10H11ClO2/c1-6-10-7-11(13(15)16-5)9-12(8-10)14(2,3)4;1-13-10-6-8(11(15)14(2)3)5-9(7-10)12(16)17-4;1-4-9-6-7-11(14-3)10(8-9)12(13)15-5-2;1-3-8-5-9(7-10(12)6-8)11(13)14-4-2;1-13-9-5-7(10(12)15)4-8(6-9)11(16)14(2)3;1-4-9-5-8(2)6-10(7-9)11(12)13-3;1-3-7-4-8(10(12)13-2)6-9(11)5-7/h7-9H,6H2,1-5H3;5-7,13H,1-4H3;6-8H,4-5H2,1-3H3;5-7H,3-4H2,1-2H3;4-6,13H,1-3H3,(H2,12,15);5-7H,4H2,1-3H3;4-6H,3H2,1-2H3. The van der Waals surface area contributed by atoms with Crippen molar-refractivity contribution in [1.29, 1.82) is 0 Å². The largest absolute Gasteiger partial charge is 0.496 e. The number of nitrogens with one attached hydrogen (secondary N) is 2. The van der Waals surface area contributed by atoms with Gasteiger partial charge in [0.05, 0.1) is 76.6 Å². The summed E-state index contributed by atoms with van der Waals surface area (Å²) >= 11 is 5.82. The molecule has 0 atom stereocenters. The molecule has 0 radical (unpaired) electrons. The number of aryl methyl sites for hydroxylation is 6. The normalized spacial score (nSPS) is 10.0. The average Bonchev–Trinajstić information content (AvgIpc) is 0.843. The van der Waals surface area contributed by atoms with Gasteiger partial charge in [-0.2, -0.15) is 0 Å². The molecule has 7 aromatic rings. The summed E-state index contributed by atoms with van der Waals surface area (Å²) in [6.45, 7) is 22.7. The van der Waals surface area contributed by atoms with E-state index in [-0.39, 0.29) is 46.7 Å². The van der Waals surface area contributed by atoms with Crippen LogP contribution in [0.4, 0.5) is 15.8 Å². The van der Waals surface area contributed by atoms with Crippen LogP contribution in [0, 0.1) is 12.7 Å². The van der Waals surface area contributed by atoms with Gasteiger partial charge in [-0.3, -0.25) is 14.4 Å². The van der Waals surface area contributed by atoms with E-state index in [0.717, 1.165) is 47.9 Å². The first-order chi connectivity index (χ1) is 49.0. The second kappa shape index (κ2) is 46.8. The number of primary amides is 1. The quantitative estimate of drug-likeness (QED) is 0.0501. The first-order valence-corrected chi connectivity index (χ1v) is 34.0. The summed E-state index contributed by atoms with van der Waals surface area (Å²) in [4.78, 5) is 106. The summed E-state index contributed by atoms with van der Waals surface area (Å²) < 4.78 is 46.5. The number of nitrogens with two attached hydrogens (primary N) is 1. The van der Waals surface area contributed by atoms with Crippen molar-refractivity contribution in [2.24, 2.45) is 5.73 Å². The average molecular weight is 1460 g/mol. The summed E-state index contributed by atoms with van der Waals surface area (Å²) in [6.07, 6.45) is 4.30. The number of nitrogens with zero attached hydrogens (tertiary/aromatic N) is 2. The second-order valence-electron chi connectivity index (χ2n) is 24.1. The summed E-state index contributed by atoms with van der Waals surface area (Å²) in [7, 11) is 17.1. The number of esters is 6. The van der Waals surface area contributed by atoms with E-state index < -0.39 is 23.7 Å². The minimum absolute atomic E-state index is 0.0496. The molecular formula is C81H105ClFN5O16. The van der Waals surface area contributed by atoms with Gasteiger partial charge in [-0.15, -0.1) is 0 Å². The minimum atomic E-state index is -0.551. The predicted octanol–water partition coefficient (Wildman–Crippen LogP) is 15.1. The summed E-state index contributed by atoms with van der Waals surface area (Å²) in [6, 6.07) is 36.5. The van der Waals surface area contributed by atoms with Crippen molar-refractivity contribution in [2.75, 3.05) is 102 Å². The maximum absolute atomic E-state index is 13.0. The molecule has 21 nitrogen and oxygen atoms in total. The van der Waals surface area contributed by atoms with Gasteiger partial charge in [0.15, 0.2) is 0 Å². The third-order valence-electron chi connectivity index (χ3n) is 14.9. The van der Waals surface area contributed by atoms with Crippen molar-refractivity contribution in [3.63, 3.8) is 0 Å². The van der Waals surface area contributed by atoms with E-state index in [9.17, 15) is 47.5 Å². The summed E-state index contributed by atoms with van der Waals surface area (Å²) in [5, 5.41) is 6.35. The number of halogens is 2.